The van der Waals surface area contributed by atoms with Crippen LogP contribution in [-0.4, -0.2) is 41.1 Å². The fraction of sp³-hybridized carbons (Fsp3) is 0.909. The Balaban J connectivity index is 2.46. The smallest absolute Gasteiger partial charge is 0.324 e. The average molecular weight is 214 g/mol. The van der Waals surface area contributed by atoms with Crippen LogP contribution in [0.2, 0.25) is 0 Å². The molecule has 15 heavy (non-hydrogen) atoms. The molecule has 1 unspecified atom stereocenters. The Morgan fingerprint density at radius 2 is 2.00 bits per heavy atom. The standard InChI is InChI=1S/C11H22N2O2/c1-11(12,10(14)15)8-13(2)9-6-4-3-5-7-9/h9H,3-8,12H2,1-2H3,(H,14,15). The van der Waals surface area contributed by atoms with Gasteiger partial charge in [0, 0.05) is 12.6 Å². The average Bonchev–Trinajstić information content (AvgIpc) is 2.18. The summed E-state index contributed by atoms with van der Waals surface area (Å²) in [4.78, 5) is 13.0. The van der Waals surface area contributed by atoms with Gasteiger partial charge in [-0.3, -0.25) is 4.79 Å². The van der Waals surface area contributed by atoms with Crippen LogP contribution in [0.15, 0.2) is 0 Å². The minimum Gasteiger partial charge on any atom is -0.480 e. The van der Waals surface area contributed by atoms with Gasteiger partial charge in [0.25, 0.3) is 0 Å². The largest absolute Gasteiger partial charge is 0.480 e. The van der Waals surface area contributed by atoms with Gasteiger partial charge in [-0.15, -0.1) is 0 Å². The van der Waals surface area contributed by atoms with Gasteiger partial charge in [-0.05, 0) is 26.8 Å². The second-order valence-electron chi connectivity index (χ2n) is 4.93. The lowest BCUT2D eigenvalue weighted by Gasteiger charge is -2.35. The maximum absolute atomic E-state index is 10.9. The van der Waals surface area contributed by atoms with Gasteiger partial charge in [-0.25, -0.2) is 0 Å². The molecule has 0 bridgehead atoms. The monoisotopic (exact) mass is 214 g/mol. The summed E-state index contributed by atoms with van der Waals surface area (Å²) in [5.41, 5.74) is 4.59. The second kappa shape index (κ2) is 4.94. The zero-order valence-corrected chi connectivity index (χ0v) is 9.70. The first-order valence-electron chi connectivity index (χ1n) is 5.66. The molecule has 3 N–H and O–H groups in total. The summed E-state index contributed by atoms with van der Waals surface area (Å²) in [6.07, 6.45) is 6.16. The number of aliphatic carboxylic acids is 1. The minimum absolute atomic E-state index is 0.424. The second-order valence-corrected chi connectivity index (χ2v) is 4.93. The molecule has 0 aromatic heterocycles. The molecule has 0 aliphatic heterocycles. The van der Waals surface area contributed by atoms with Gasteiger partial charge in [0.2, 0.25) is 0 Å². The summed E-state index contributed by atoms with van der Waals surface area (Å²) >= 11 is 0. The van der Waals surface area contributed by atoms with Crippen LogP contribution >= 0.6 is 0 Å². The molecule has 1 aliphatic rings. The quantitative estimate of drug-likeness (QED) is 0.734. The van der Waals surface area contributed by atoms with Gasteiger partial charge >= 0.3 is 5.97 Å². The van der Waals surface area contributed by atoms with Crippen molar-refractivity contribution in [2.75, 3.05) is 13.6 Å². The Kier molecular flexibility index (Phi) is 4.11. The van der Waals surface area contributed by atoms with Crippen LogP contribution in [0, 0.1) is 0 Å². The van der Waals surface area contributed by atoms with Crippen LogP contribution in [0.1, 0.15) is 39.0 Å². The molecule has 1 saturated carbocycles. The van der Waals surface area contributed by atoms with E-state index < -0.39 is 11.5 Å². The van der Waals surface area contributed by atoms with E-state index in [1.807, 2.05) is 7.05 Å². The van der Waals surface area contributed by atoms with Crippen molar-refractivity contribution in [3.05, 3.63) is 0 Å². The predicted molar refractivity (Wildman–Crippen MR) is 59.7 cm³/mol. The van der Waals surface area contributed by atoms with E-state index in [-0.39, 0.29) is 0 Å². The summed E-state index contributed by atoms with van der Waals surface area (Å²) in [5, 5.41) is 8.94. The highest BCUT2D eigenvalue weighted by molar-refractivity contribution is 5.78. The van der Waals surface area contributed by atoms with Crippen LogP contribution < -0.4 is 5.73 Å². The highest BCUT2D eigenvalue weighted by atomic mass is 16.4. The maximum atomic E-state index is 10.9. The molecule has 88 valence electrons. The van der Waals surface area contributed by atoms with Crippen LogP contribution in [0.4, 0.5) is 0 Å². The minimum atomic E-state index is -1.13. The number of carboxylic acids is 1. The first-order chi connectivity index (χ1) is 6.93. The van der Waals surface area contributed by atoms with E-state index in [4.69, 9.17) is 10.8 Å². The Morgan fingerprint density at radius 1 is 1.47 bits per heavy atom. The van der Waals surface area contributed by atoms with E-state index in [0.29, 0.717) is 12.6 Å². The van der Waals surface area contributed by atoms with Crippen molar-refractivity contribution in [3.63, 3.8) is 0 Å². The number of hydrogen-bond acceptors (Lipinski definition) is 3. The fourth-order valence-corrected chi connectivity index (χ4v) is 2.24. The molecule has 0 amide bonds. The first kappa shape index (κ1) is 12.5. The number of likely N-dealkylation sites (N-methyl/N-ethyl adjacent to an activating group) is 1. The third-order valence-electron chi connectivity index (χ3n) is 3.26. The molecule has 1 atom stereocenters. The number of nitrogens with zero attached hydrogens (tertiary/aromatic N) is 1. The van der Waals surface area contributed by atoms with Crippen molar-refractivity contribution in [1.29, 1.82) is 0 Å². The van der Waals surface area contributed by atoms with Gasteiger partial charge in [0.1, 0.15) is 5.54 Å². The van der Waals surface area contributed by atoms with Gasteiger partial charge in [0.05, 0.1) is 0 Å². The highest BCUT2D eigenvalue weighted by Crippen LogP contribution is 2.22. The predicted octanol–water partition coefficient (Wildman–Crippen LogP) is 1.05. The molecular formula is C11H22N2O2. The van der Waals surface area contributed by atoms with Crippen LogP contribution in [0.5, 0.6) is 0 Å². The van der Waals surface area contributed by atoms with E-state index in [0.717, 1.165) is 0 Å². The van der Waals surface area contributed by atoms with Crippen molar-refractivity contribution >= 4 is 5.97 Å². The molecule has 4 heteroatoms. The molecule has 0 heterocycles. The normalized spacial score (nSPS) is 22.7. The molecule has 0 radical (unpaired) electrons. The molecule has 4 nitrogen and oxygen atoms in total. The lowest BCUT2D eigenvalue weighted by atomic mass is 9.93. The number of nitrogens with two attached hydrogens (primary N) is 1. The lowest BCUT2D eigenvalue weighted by Crippen LogP contribution is -2.55. The topological polar surface area (TPSA) is 66.6 Å². The summed E-state index contributed by atoms with van der Waals surface area (Å²) in [7, 11) is 1.98. The Bertz CT molecular complexity index is 223. The summed E-state index contributed by atoms with van der Waals surface area (Å²) < 4.78 is 0. The Morgan fingerprint density at radius 3 is 2.47 bits per heavy atom. The van der Waals surface area contributed by atoms with Gasteiger partial charge in [-0.1, -0.05) is 19.3 Å². The Hall–Kier alpha value is -0.610. The van der Waals surface area contributed by atoms with Gasteiger partial charge in [0.15, 0.2) is 0 Å². The van der Waals surface area contributed by atoms with E-state index in [1.165, 1.54) is 32.1 Å². The molecule has 0 aromatic rings. The van der Waals surface area contributed by atoms with E-state index in [9.17, 15) is 4.79 Å². The zero-order valence-electron chi connectivity index (χ0n) is 9.70. The molecule has 1 fully saturated rings. The Labute approximate surface area is 91.4 Å². The number of carbonyl (C=O) groups is 1. The molecular weight excluding hydrogens is 192 g/mol. The van der Waals surface area contributed by atoms with Crippen molar-refractivity contribution < 1.29 is 9.90 Å². The fourth-order valence-electron chi connectivity index (χ4n) is 2.24. The van der Waals surface area contributed by atoms with Crippen molar-refractivity contribution in [2.45, 2.75) is 50.6 Å². The first-order valence-corrected chi connectivity index (χ1v) is 5.66. The number of rotatable bonds is 4. The van der Waals surface area contributed by atoms with Crippen molar-refractivity contribution in [2.24, 2.45) is 5.73 Å². The van der Waals surface area contributed by atoms with Gasteiger partial charge < -0.3 is 15.7 Å². The van der Waals surface area contributed by atoms with E-state index >= 15 is 0 Å². The summed E-state index contributed by atoms with van der Waals surface area (Å²) in [6.45, 7) is 2.00. The summed E-state index contributed by atoms with van der Waals surface area (Å²) in [6, 6.07) is 0.515. The van der Waals surface area contributed by atoms with Gasteiger partial charge in [-0.2, -0.15) is 0 Å². The summed E-state index contributed by atoms with van der Waals surface area (Å²) in [5.74, 6) is -0.926. The third kappa shape index (κ3) is 3.47. The molecule has 1 aliphatic carbocycles. The molecule has 0 spiro atoms. The molecule has 1 rings (SSSR count). The number of carboxylic acid groups (broad SMARTS) is 1. The van der Waals surface area contributed by atoms with Crippen LogP contribution in [-0.2, 0) is 4.79 Å². The maximum Gasteiger partial charge on any atom is 0.324 e. The van der Waals surface area contributed by atoms with Crippen molar-refractivity contribution in [1.82, 2.24) is 4.90 Å². The van der Waals surface area contributed by atoms with E-state index in [2.05, 4.69) is 4.90 Å². The molecule has 0 aromatic carbocycles. The number of hydrogen-bond donors (Lipinski definition) is 2. The zero-order chi connectivity index (χ0) is 11.5. The third-order valence-corrected chi connectivity index (χ3v) is 3.26. The van der Waals surface area contributed by atoms with E-state index in [1.54, 1.807) is 6.92 Å². The highest BCUT2D eigenvalue weighted by Gasteiger charge is 2.31. The van der Waals surface area contributed by atoms with Crippen LogP contribution in [0.25, 0.3) is 0 Å². The molecule has 0 saturated heterocycles. The lowest BCUT2D eigenvalue weighted by molar-refractivity contribution is -0.143. The van der Waals surface area contributed by atoms with Crippen LogP contribution in [0.3, 0.4) is 0 Å². The van der Waals surface area contributed by atoms with Crippen molar-refractivity contribution in [3.8, 4) is 0 Å². The SMILES string of the molecule is CN(CC(C)(N)C(=O)O)C1CCCCC1.